The van der Waals surface area contributed by atoms with Gasteiger partial charge < -0.3 is 24.1 Å². The van der Waals surface area contributed by atoms with Gasteiger partial charge in [-0.2, -0.15) is 6.61 Å². The van der Waals surface area contributed by atoms with Gasteiger partial charge in [0.05, 0.1) is 25.9 Å². The summed E-state index contributed by atoms with van der Waals surface area (Å²) in [5.74, 6) is 0. The monoisotopic (exact) mass is 517 g/mol. The fraction of sp³-hybridized carbons (Fsp3) is 0.533. The summed E-state index contributed by atoms with van der Waals surface area (Å²) < 4.78 is 22.6. The van der Waals surface area contributed by atoms with Crippen molar-refractivity contribution in [1.82, 2.24) is 0 Å². The molecular formula is C15H19O5U-. The Bertz CT molecular complexity index is 443. The number of aliphatic hydroxyl groups excluding tert-OH is 1. The third-order valence-electron chi connectivity index (χ3n) is 3.93. The summed E-state index contributed by atoms with van der Waals surface area (Å²) in [4.78, 5) is 0. The van der Waals surface area contributed by atoms with Crippen LogP contribution in [0.1, 0.15) is 5.56 Å². The molecule has 1 N–H and O–H groups in total. The summed E-state index contributed by atoms with van der Waals surface area (Å²) in [5.41, 5.74) is 0.346. The van der Waals surface area contributed by atoms with Gasteiger partial charge in [-0.05, 0) is 11.7 Å². The molecule has 0 aromatic heterocycles. The third-order valence-corrected chi connectivity index (χ3v) is 3.93. The van der Waals surface area contributed by atoms with E-state index in [1.54, 1.807) is 13.7 Å². The number of benzene rings is 1. The number of fused-ring (bicyclic) bond motifs is 2. The second-order valence-electron chi connectivity index (χ2n) is 5.12. The van der Waals surface area contributed by atoms with E-state index in [4.69, 9.17) is 18.9 Å². The van der Waals surface area contributed by atoms with Crippen molar-refractivity contribution in [3.8, 4) is 0 Å². The standard InChI is InChI=1S/C15H19O5.U/c1-17-14-12-9-19-15(14,13(7-16)20-12)10-18-8-11-5-3-2-4-6-11;/h2-6,9,12-14,16H,7-8,10H2,1H3;/q-1;/t12-,13?,14-,15-;/m0./s1. The van der Waals surface area contributed by atoms with Crippen LogP contribution in [0.3, 0.4) is 0 Å². The molecule has 1 unspecified atom stereocenters. The molecule has 2 bridgehead atoms. The van der Waals surface area contributed by atoms with Crippen molar-refractivity contribution in [1.29, 1.82) is 0 Å². The van der Waals surface area contributed by atoms with Crippen LogP contribution in [0.25, 0.3) is 0 Å². The number of hydrogen-bond donors (Lipinski definition) is 1. The molecule has 0 amide bonds. The minimum Gasteiger partial charge on any atom is -0.539 e. The average Bonchev–Trinajstić information content (AvgIpc) is 2.99. The maximum Gasteiger partial charge on any atom is 0.114 e. The van der Waals surface area contributed by atoms with Crippen LogP contribution in [0.4, 0.5) is 0 Å². The average molecular weight is 517 g/mol. The van der Waals surface area contributed by atoms with Crippen molar-refractivity contribution in [2.75, 3.05) is 20.3 Å². The number of rotatable bonds is 6. The van der Waals surface area contributed by atoms with Crippen LogP contribution in [0.5, 0.6) is 0 Å². The second-order valence-corrected chi connectivity index (χ2v) is 5.12. The van der Waals surface area contributed by atoms with Crippen LogP contribution in [0.15, 0.2) is 30.3 Å². The fourth-order valence-corrected chi connectivity index (χ4v) is 2.92. The molecule has 6 heteroatoms. The van der Waals surface area contributed by atoms with Crippen molar-refractivity contribution in [3.63, 3.8) is 0 Å². The van der Waals surface area contributed by atoms with Gasteiger partial charge >= 0.3 is 0 Å². The van der Waals surface area contributed by atoms with Gasteiger partial charge in [-0.25, -0.2) is 0 Å². The Morgan fingerprint density at radius 1 is 1.33 bits per heavy atom. The molecule has 2 aliphatic heterocycles. The summed E-state index contributed by atoms with van der Waals surface area (Å²) in [6.45, 7) is 2.33. The van der Waals surface area contributed by atoms with Gasteiger partial charge in [-0.15, -0.1) is 0 Å². The van der Waals surface area contributed by atoms with Crippen molar-refractivity contribution in [2.24, 2.45) is 0 Å². The van der Waals surface area contributed by atoms with Gasteiger partial charge in [0.2, 0.25) is 0 Å². The van der Waals surface area contributed by atoms with Crippen molar-refractivity contribution in [2.45, 2.75) is 30.5 Å². The van der Waals surface area contributed by atoms with E-state index in [1.165, 1.54) is 0 Å². The van der Waals surface area contributed by atoms with E-state index in [0.29, 0.717) is 13.2 Å². The SMILES string of the molecule is CO[C@H]1[C@@H]2[CH-]O[C@@]1(COCc1ccccc1)C(CO)O2.[U]. The van der Waals surface area contributed by atoms with E-state index in [0.717, 1.165) is 5.56 Å². The van der Waals surface area contributed by atoms with Gasteiger partial charge in [-0.3, -0.25) is 0 Å². The summed E-state index contributed by atoms with van der Waals surface area (Å²) >= 11 is 0. The molecular weight excluding hydrogens is 498 g/mol. The largest absolute Gasteiger partial charge is 0.539 e. The Hall–Kier alpha value is 0.0719. The number of ether oxygens (including phenoxy) is 4. The molecule has 1 aromatic carbocycles. The molecule has 114 valence electrons. The van der Waals surface area contributed by atoms with E-state index in [9.17, 15) is 5.11 Å². The molecule has 0 saturated carbocycles. The fourth-order valence-electron chi connectivity index (χ4n) is 2.92. The predicted molar refractivity (Wildman–Crippen MR) is 70.8 cm³/mol. The zero-order valence-electron chi connectivity index (χ0n) is 11.9. The van der Waals surface area contributed by atoms with E-state index < -0.39 is 11.7 Å². The minimum absolute atomic E-state index is 0. The second kappa shape index (κ2) is 7.56. The van der Waals surface area contributed by atoms with Crippen LogP contribution in [0.2, 0.25) is 0 Å². The molecule has 4 atom stereocenters. The normalized spacial score (nSPS) is 33.9. The first-order valence-electron chi connectivity index (χ1n) is 6.72. The van der Waals surface area contributed by atoms with Crippen molar-refractivity contribution in [3.05, 3.63) is 42.5 Å². The van der Waals surface area contributed by atoms with Crippen LogP contribution < -0.4 is 0 Å². The maximum absolute atomic E-state index is 9.45. The quantitative estimate of drug-likeness (QED) is 0.569. The van der Waals surface area contributed by atoms with Gasteiger partial charge in [0, 0.05) is 38.2 Å². The molecule has 21 heavy (non-hydrogen) atoms. The summed E-state index contributed by atoms with van der Waals surface area (Å²) in [7, 11) is 1.62. The van der Waals surface area contributed by atoms with E-state index in [1.807, 2.05) is 30.3 Å². The Kier molecular flexibility index (Phi) is 6.28. The molecule has 2 heterocycles. The molecule has 1 aromatic rings. The van der Waals surface area contributed by atoms with Crippen LogP contribution in [-0.4, -0.2) is 49.3 Å². The molecule has 2 aliphatic rings. The van der Waals surface area contributed by atoms with Crippen LogP contribution >= 0.6 is 0 Å². The van der Waals surface area contributed by atoms with E-state index >= 15 is 0 Å². The molecule has 0 radical (unpaired) electrons. The molecule has 0 aliphatic carbocycles. The summed E-state index contributed by atoms with van der Waals surface area (Å²) in [6.07, 6.45) is -0.897. The van der Waals surface area contributed by atoms with E-state index in [-0.39, 0.29) is 49.9 Å². The molecule has 2 saturated heterocycles. The third kappa shape index (κ3) is 3.23. The first-order chi connectivity index (χ1) is 9.80. The van der Waals surface area contributed by atoms with Gasteiger partial charge in [-0.1, -0.05) is 30.3 Å². The van der Waals surface area contributed by atoms with E-state index in [2.05, 4.69) is 0 Å². The molecule has 5 nitrogen and oxygen atoms in total. The minimum atomic E-state index is -0.747. The van der Waals surface area contributed by atoms with Crippen molar-refractivity contribution >= 4 is 0 Å². The van der Waals surface area contributed by atoms with Crippen molar-refractivity contribution < 1.29 is 55.2 Å². The molecule has 2 fully saturated rings. The summed E-state index contributed by atoms with van der Waals surface area (Å²) in [5, 5.41) is 9.45. The Morgan fingerprint density at radius 2 is 2.10 bits per heavy atom. The van der Waals surface area contributed by atoms with Crippen LogP contribution in [-0.2, 0) is 25.6 Å². The number of methoxy groups -OCH3 is 1. The zero-order chi connectivity index (χ0) is 14.0. The first kappa shape index (κ1) is 17.4. The molecule has 3 rings (SSSR count). The molecule has 0 spiro atoms. The smallest absolute Gasteiger partial charge is 0.114 e. The predicted octanol–water partition coefficient (Wildman–Crippen LogP) is 0.909. The van der Waals surface area contributed by atoms with Gasteiger partial charge in [0.15, 0.2) is 0 Å². The Balaban J connectivity index is 0.00000161. The topological polar surface area (TPSA) is 57.2 Å². The Morgan fingerprint density at radius 3 is 2.76 bits per heavy atom. The number of aliphatic hydroxyl groups is 1. The van der Waals surface area contributed by atoms with Gasteiger partial charge in [0.25, 0.3) is 0 Å². The summed E-state index contributed by atoms with van der Waals surface area (Å²) in [6, 6.07) is 9.92. The Labute approximate surface area is 148 Å². The zero-order valence-corrected chi connectivity index (χ0v) is 16.1. The number of hydrogen-bond acceptors (Lipinski definition) is 5. The van der Waals surface area contributed by atoms with Gasteiger partial charge in [0.1, 0.15) is 11.7 Å². The van der Waals surface area contributed by atoms with Crippen LogP contribution in [0, 0.1) is 37.7 Å². The maximum atomic E-state index is 9.45. The first-order valence-corrected chi connectivity index (χ1v) is 6.72.